The van der Waals surface area contributed by atoms with Crippen LogP contribution in [0, 0.1) is 5.92 Å². The topological polar surface area (TPSA) is 69.0 Å². The van der Waals surface area contributed by atoms with Gasteiger partial charge in [0, 0.05) is 25.6 Å². The lowest BCUT2D eigenvalue weighted by molar-refractivity contribution is -0.0866. The molecule has 1 atom stereocenters. The van der Waals surface area contributed by atoms with Gasteiger partial charge in [0.1, 0.15) is 5.69 Å². The maximum absolute atomic E-state index is 12.7. The van der Waals surface area contributed by atoms with Gasteiger partial charge >= 0.3 is 0 Å². The van der Waals surface area contributed by atoms with E-state index < -0.39 is 0 Å². The number of nitrogens with zero attached hydrogens (tertiary/aromatic N) is 3. The Bertz CT molecular complexity index is 532. The van der Waals surface area contributed by atoms with Crippen LogP contribution in [0.1, 0.15) is 55.1 Å². The van der Waals surface area contributed by atoms with Gasteiger partial charge in [-0.15, -0.1) is 5.10 Å². The average Bonchev–Trinajstić information content (AvgIpc) is 3.07. The average molecular weight is 290 g/mol. The molecule has 3 heterocycles. The number of carbonyl (C=O) groups is 1. The van der Waals surface area contributed by atoms with Gasteiger partial charge in [-0.2, -0.15) is 0 Å². The van der Waals surface area contributed by atoms with E-state index in [0.29, 0.717) is 18.3 Å². The van der Waals surface area contributed by atoms with Gasteiger partial charge in [-0.25, -0.2) is 4.68 Å². The fourth-order valence-electron chi connectivity index (χ4n) is 3.86. The Kier molecular flexibility index (Phi) is 3.30. The molecule has 114 valence electrons. The molecular weight excluding hydrogens is 268 g/mol. The Balaban J connectivity index is 1.47. The largest absolute Gasteiger partial charge is 0.375 e. The molecule has 21 heavy (non-hydrogen) atoms. The molecule has 2 saturated heterocycles. The lowest BCUT2D eigenvalue weighted by Crippen LogP contribution is -2.43. The molecule has 6 heteroatoms. The Morgan fingerprint density at radius 1 is 1.38 bits per heavy atom. The number of carbonyl (C=O) groups excluding carboxylic acids is 1. The number of Topliss-reactive ketones (excluding diaryl/α,β-unsaturated/α-hetero) is 1. The van der Waals surface area contributed by atoms with Crippen molar-refractivity contribution in [2.75, 3.05) is 19.7 Å². The third-order valence-electron chi connectivity index (χ3n) is 5.28. The van der Waals surface area contributed by atoms with Crippen LogP contribution < -0.4 is 5.32 Å². The fraction of sp³-hybridized carbons (Fsp3) is 0.800. The van der Waals surface area contributed by atoms with Gasteiger partial charge in [0.25, 0.3) is 0 Å². The van der Waals surface area contributed by atoms with Crippen LogP contribution in [-0.2, 0) is 4.74 Å². The summed E-state index contributed by atoms with van der Waals surface area (Å²) in [5, 5.41) is 11.4. The molecule has 1 aromatic heterocycles. The third kappa shape index (κ3) is 2.40. The van der Waals surface area contributed by atoms with E-state index in [1.165, 1.54) is 12.8 Å². The number of ketones is 1. The predicted octanol–water partition coefficient (Wildman–Crippen LogP) is 1.34. The normalized spacial score (nSPS) is 28.7. The lowest BCUT2D eigenvalue weighted by atomic mass is 9.82. The van der Waals surface area contributed by atoms with Gasteiger partial charge in [-0.1, -0.05) is 18.1 Å². The number of hydrogen-bond donors (Lipinski definition) is 1. The summed E-state index contributed by atoms with van der Waals surface area (Å²) >= 11 is 0. The maximum atomic E-state index is 12.7. The Labute approximate surface area is 124 Å². The monoisotopic (exact) mass is 290 g/mol. The van der Waals surface area contributed by atoms with Crippen molar-refractivity contribution >= 4 is 5.78 Å². The fourth-order valence-corrected chi connectivity index (χ4v) is 3.86. The molecule has 2 aliphatic heterocycles. The first kappa shape index (κ1) is 13.4. The van der Waals surface area contributed by atoms with E-state index in [-0.39, 0.29) is 17.3 Å². The second-order valence-corrected chi connectivity index (χ2v) is 6.69. The number of nitrogens with one attached hydrogen (secondary N) is 1. The molecule has 6 nitrogen and oxygen atoms in total. The predicted molar refractivity (Wildman–Crippen MR) is 76.1 cm³/mol. The van der Waals surface area contributed by atoms with Crippen LogP contribution in [0.2, 0.25) is 0 Å². The highest BCUT2D eigenvalue weighted by Gasteiger charge is 2.42. The van der Waals surface area contributed by atoms with E-state index >= 15 is 0 Å². The van der Waals surface area contributed by atoms with E-state index in [1.807, 2.05) is 10.9 Å². The quantitative estimate of drug-likeness (QED) is 0.851. The first-order chi connectivity index (χ1) is 10.3. The Morgan fingerprint density at radius 3 is 2.90 bits per heavy atom. The molecule has 0 aromatic carbocycles. The van der Waals surface area contributed by atoms with Crippen molar-refractivity contribution in [2.45, 2.75) is 50.2 Å². The number of aromatic nitrogens is 3. The van der Waals surface area contributed by atoms with Gasteiger partial charge in [0.05, 0.1) is 17.8 Å². The second-order valence-electron chi connectivity index (χ2n) is 6.69. The van der Waals surface area contributed by atoms with Crippen LogP contribution in [0.5, 0.6) is 0 Å². The zero-order chi connectivity index (χ0) is 14.3. The molecule has 1 N–H and O–H groups in total. The van der Waals surface area contributed by atoms with Crippen LogP contribution in [-0.4, -0.2) is 46.1 Å². The number of ether oxygens (including phenoxy) is 1. The molecule has 1 saturated carbocycles. The summed E-state index contributed by atoms with van der Waals surface area (Å²) in [6, 6.07) is 0.356. The SMILES string of the molecule is O=C(c1cn(C2CNC2)nn1)C1CCOC2(CCCC2)C1. The summed E-state index contributed by atoms with van der Waals surface area (Å²) in [6.07, 6.45) is 8.18. The molecule has 1 unspecified atom stereocenters. The van der Waals surface area contributed by atoms with Crippen molar-refractivity contribution in [1.29, 1.82) is 0 Å². The zero-order valence-electron chi connectivity index (χ0n) is 12.3. The highest BCUT2D eigenvalue weighted by molar-refractivity contribution is 5.95. The minimum atomic E-state index is -0.0214. The van der Waals surface area contributed by atoms with Crippen LogP contribution in [0.25, 0.3) is 0 Å². The third-order valence-corrected chi connectivity index (χ3v) is 5.28. The van der Waals surface area contributed by atoms with E-state index in [2.05, 4.69) is 15.6 Å². The summed E-state index contributed by atoms with van der Waals surface area (Å²) in [5.41, 5.74) is 0.508. The smallest absolute Gasteiger partial charge is 0.187 e. The van der Waals surface area contributed by atoms with Gasteiger partial charge in [0.15, 0.2) is 5.78 Å². The van der Waals surface area contributed by atoms with Crippen LogP contribution in [0.3, 0.4) is 0 Å². The first-order valence-electron chi connectivity index (χ1n) is 8.07. The van der Waals surface area contributed by atoms with Crippen molar-refractivity contribution < 1.29 is 9.53 Å². The van der Waals surface area contributed by atoms with Gasteiger partial charge in [0.2, 0.25) is 0 Å². The van der Waals surface area contributed by atoms with Crippen LogP contribution >= 0.6 is 0 Å². The van der Waals surface area contributed by atoms with Gasteiger partial charge in [-0.3, -0.25) is 4.79 Å². The van der Waals surface area contributed by atoms with Gasteiger partial charge < -0.3 is 10.1 Å². The minimum Gasteiger partial charge on any atom is -0.375 e. The number of rotatable bonds is 3. The highest BCUT2D eigenvalue weighted by atomic mass is 16.5. The molecular formula is C15H22N4O2. The summed E-state index contributed by atoms with van der Waals surface area (Å²) in [5.74, 6) is 0.213. The maximum Gasteiger partial charge on any atom is 0.187 e. The van der Waals surface area contributed by atoms with E-state index in [1.54, 1.807) is 0 Å². The minimum absolute atomic E-state index is 0.0214. The zero-order valence-corrected chi connectivity index (χ0v) is 12.3. The van der Waals surface area contributed by atoms with E-state index in [9.17, 15) is 4.79 Å². The number of hydrogen-bond acceptors (Lipinski definition) is 5. The van der Waals surface area contributed by atoms with Crippen LogP contribution in [0.4, 0.5) is 0 Å². The van der Waals surface area contributed by atoms with Gasteiger partial charge in [-0.05, 0) is 25.7 Å². The summed E-state index contributed by atoms with van der Waals surface area (Å²) in [7, 11) is 0. The molecule has 0 radical (unpaired) electrons. The van der Waals surface area contributed by atoms with E-state index in [0.717, 1.165) is 38.8 Å². The molecule has 1 aromatic rings. The molecule has 3 aliphatic rings. The summed E-state index contributed by atoms with van der Waals surface area (Å²) in [4.78, 5) is 12.7. The van der Waals surface area contributed by atoms with Crippen molar-refractivity contribution in [3.05, 3.63) is 11.9 Å². The highest BCUT2D eigenvalue weighted by Crippen LogP contribution is 2.42. The van der Waals surface area contributed by atoms with Crippen molar-refractivity contribution in [3.63, 3.8) is 0 Å². The molecule has 4 rings (SSSR count). The van der Waals surface area contributed by atoms with Crippen molar-refractivity contribution in [1.82, 2.24) is 20.3 Å². The molecule has 3 fully saturated rings. The standard InChI is InChI=1S/C15H22N4O2/c20-14(13-10-19(18-17-13)12-8-16-9-12)11-3-6-21-15(7-11)4-1-2-5-15/h10-12,16H,1-9H2. The summed E-state index contributed by atoms with van der Waals surface area (Å²) < 4.78 is 7.84. The molecule has 1 aliphatic carbocycles. The Hall–Kier alpha value is -1.27. The second kappa shape index (κ2) is 5.18. The van der Waals surface area contributed by atoms with Crippen molar-refractivity contribution in [2.24, 2.45) is 5.92 Å². The Morgan fingerprint density at radius 2 is 2.19 bits per heavy atom. The summed E-state index contributed by atoms with van der Waals surface area (Å²) in [6.45, 7) is 2.53. The molecule has 0 amide bonds. The van der Waals surface area contributed by atoms with E-state index in [4.69, 9.17) is 4.74 Å². The molecule has 0 bridgehead atoms. The van der Waals surface area contributed by atoms with Crippen LogP contribution in [0.15, 0.2) is 6.20 Å². The first-order valence-corrected chi connectivity index (χ1v) is 8.07. The van der Waals surface area contributed by atoms with Crippen molar-refractivity contribution in [3.8, 4) is 0 Å². The molecule has 1 spiro atoms. The lowest BCUT2D eigenvalue weighted by Gasteiger charge is -2.37.